The van der Waals surface area contributed by atoms with Gasteiger partial charge in [-0.15, -0.1) is 0 Å². The molecule has 0 heterocycles. The summed E-state index contributed by atoms with van der Waals surface area (Å²) in [7, 11) is 0. The number of halogens is 1. The molecule has 200 valence electrons. The van der Waals surface area contributed by atoms with Crippen molar-refractivity contribution in [2.45, 2.75) is 0 Å². The Hall–Kier alpha value is -4.73. The van der Waals surface area contributed by atoms with Crippen molar-refractivity contribution in [2.75, 3.05) is 0 Å². The van der Waals surface area contributed by atoms with Crippen molar-refractivity contribution < 1.29 is 0 Å². The largest absolute Gasteiger partial charge is 0.0616 e. The lowest BCUT2D eigenvalue weighted by Gasteiger charge is -2.21. The summed E-state index contributed by atoms with van der Waals surface area (Å²) < 4.78 is 1.24. The van der Waals surface area contributed by atoms with Crippen LogP contribution in [0.15, 0.2) is 152 Å². The molecule has 0 amide bonds. The molecule has 0 aliphatic rings. The number of hydrogen-bond donors (Lipinski definition) is 0. The highest BCUT2D eigenvalue weighted by atomic mass is 127. The lowest BCUT2D eigenvalue weighted by molar-refractivity contribution is 1.68. The van der Waals surface area contributed by atoms with Crippen molar-refractivity contribution in [2.24, 2.45) is 0 Å². The summed E-state index contributed by atoms with van der Waals surface area (Å²) in [6.45, 7) is 0. The van der Waals surface area contributed by atoms with Crippen molar-refractivity contribution in [3.8, 4) is 22.3 Å². The SMILES string of the molecule is Ic1ccc2c(-c3cc4ccccc4c4ccccc34)c3ccccc3c(-c3cc4ccccc4c4ccccc34)c2c1. The van der Waals surface area contributed by atoms with Gasteiger partial charge in [-0.05, 0) is 134 Å². The molecular formula is C42H25I. The van der Waals surface area contributed by atoms with E-state index in [9.17, 15) is 0 Å². The summed E-state index contributed by atoms with van der Waals surface area (Å²) in [5, 5.41) is 15.4. The van der Waals surface area contributed by atoms with Gasteiger partial charge in [0, 0.05) is 3.57 Å². The first-order valence-corrected chi connectivity index (χ1v) is 15.8. The Morgan fingerprint density at radius 1 is 0.279 bits per heavy atom. The smallest absolute Gasteiger partial charge is 0.0136 e. The average Bonchev–Trinajstić information content (AvgIpc) is 3.06. The highest BCUT2D eigenvalue weighted by Crippen LogP contribution is 2.48. The standard InChI is InChI=1S/C42H25I/c43-28-21-22-37-40(25-28)42(39-24-27-12-2-4-14-30(27)32-16-6-8-18-34(32)39)36-20-10-9-19-35(36)41(37)38-23-26-11-1-3-13-29(26)31-15-5-7-17-33(31)38/h1-25H. The van der Waals surface area contributed by atoms with E-state index in [1.807, 2.05) is 0 Å². The Bertz CT molecular complexity index is 2570. The fraction of sp³-hybridized carbons (Fsp3) is 0. The van der Waals surface area contributed by atoms with Crippen LogP contribution in [0.5, 0.6) is 0 Å². The van der Waals surface area contributed by atoms with Gasteiger partial charge in [0.15, 0.2) is 0 Å². The Balaban J connectivity index is 1.51. The van der Waals surface area contributed by atoms with Crippen LogP contribution >= 0.6 is 22.6 Å². The number of fused-ring (bicyclic) bond motifs is 8. The summed E-state index contributed by atoms with van der Waals surface area (Å²) in [5.41, 5.74) is 5.18. The zero-order valence-corrected chi connectivity index (χ0v) is 25.5. The first-order valence-electron chi connectivity index (χ1n) is 14.7. The predicted octanol–water partition coefficient (Wildman–Crippen LogP) is 12.5. The molecule has 43 heavy (non-hydrogen) atoms. The first kappa shape index (κ1) is 24.8. The van der Waals surface area contributed by atoms with Crippen LogP contribution in [0.3, 0.4) is 0 Å². The summed E-state index contributed by atoms with van der Waals surface area (Å²) in [5.74, 6) is 0. The molecule has 9 rings (SSSR count). The van der Waals surface area contributed by atoms with E-state index in [1.165, 1.54) is 90.5 Å². The maximum atomic E-state index is 2.47. The van der Waals surface area contributed by atoms with Gasteiger partial charge in [-0.2, -0.15) is 0 Å². The summed E-state index contributed by atoms with van der Waals surface area (Å²) in [4.78, 5) is 0. The van der Waals surface area contributed by atoms with Crippen molar-refractivity contribution >= 4 is 87.2 Å². The molecule has 0 bridgehead atoms. The van der Waals surface area contributed by atoms with E-state index in [2.05, 4.69) is 174 Å². The molecule has 0 N–H and O–H groups in total. The van der Waals surface area contributed by atoms with Crippen molar-refractivity contribution in [1.29, 1.82) is 0 Å². The van der Waals surface area contributed by atoms with Gasteiger partial charge in [-0.3, -0.25) is 0 Å². The maximum absolute atomic E-state index is 2.47. The van der Waals surface area contributed by atoms with Gasteiger partial charge in [0.25, 0.3) is 0 Å². The molecule has 9 aromatic rings. The molecule has 1 heteroatoms. The van der Waals surface area contributed by atoms with E-state index < -0.39 is 0 Å². The van der Waals surface area contributed by atoms with Gasteiger partial charge >= 0.3 is 0 Å². The topological polar surface area (TPSA) is 0 Å². The molecule has 0 atom stereocenters. The van der Waals surface area contributed by atoms with E-state index in [0.717, 1.165) is 0 Å². The highest BCUT2D eigenvalue weighted by molar-refractivity contribution is 14.1. The average molecular weight is 657 g/mol. The zero-order valence-electron chi connectivity index (χ0n) is 23.3. The quantitative estimate of drug-likeness (QED) is 0.0987. The number of hydrogen-bond acceptors (Lipinski definition) is 0. The third-order valence-electron chi connectivity index (χ3n) is 9.06. The Morgan fingerprint density at radius 2 is 0.651 bits per heavy atom. The molecule has 0 aliphatic heterocycles. The highest BCUT2D eigenvalue weighted by Gasteiger charge is 2.21. The monoisotopic (exact) mass is 656 g/mol. The van der Waals surface area contributed by atoms with Crippen LogP contribution < -0.4 is 0 Å². The van der Waals surface area contributed by atoms with Gasteiger partial charge in [0.1, 0.15) is 0 Å². The second kappa shape index (κ2) is 9.65. The molecule has 0 unspecified atom stereocenters. The number of benzene rings is 9. The second-order valence-corrected chi connectivity index (χ2v) is 12.6. The first-order chi connectivity index (χ1) is 21.3. The molecule has 0 saturated heterocycles. The fourth-order valence-electron chi connectivity index (χ4n) is 7.25. The molecule has 0 spiro atoms. The summed E-state index contributed by atoms with van der Waals surface area (Å²) >= 11 is 2.47. The van der Waals surface area contributed by atoms with Crippen molar-refractivity contribution in [3.05, 3.63) is 155 Å². The Labute approximate surface area is 263 Å². The lowest BCUT2D eigenvalue weighted by Crippen LogP contribution is -1.94. The minimum Gasteiger partial charge on any atom is -0.0616 e. The minimum atomic E-state index is 1.24. The Kier molecular flexibility index (Phi) is 5.57. The normalized spacial score (nSPS) is 11.8. The minimum absolute atomic E-state index is 1.24. The van der Waals surface area contributed by atoms with Crippen molar-refractivity contribution in [3.63, 3.8) is 0 Å². The van der Waals surface area contributed by atoms with Gasteiger partial charge in [-0.25, -0.2) is 0 Å². The summed E-state index contributed by atoms with van der Waals surface area (Å²) in [6.07, 6.45) is 0. The van der Waals surface area contributed by atoms with Gasteiger partial charge < -0.3 is 0 Å². The fourth-order valence-corrected chi connectivity index (χ4v) is 7.74. The molecule has 0 aliphatic carbocycles. The van der Waals surface area contributed by atoms with Crippen LogP contribution in [0, 0.1) is 3.57 Å². The zero-order chi connectivity index (χ0) is 28.5. The van der Waals surface area contributed by atoms with E-state index in [4.69, 9.17) is 0 Å². The maximum Gasteiger partial charge on any atom is 0.0136 e. The lowest BCUT2D eigenvalue weighted by atomic mass is 9.82. The molecule has 0 aromatic heterocycles. The molecular weight excluding hydrogens is 631 g/mol. The molecule has 0 radical (unpaired) electrons. The summed E-state index contributed by atoms with van der Waals surface area (Å²) in [6, 6.07) is 56.1. The molecule has 0 nitrogen and oxygen atoms in total. The van der Waals surface area contributed by atoms with Gasteiger partial charge in [0.2, 0.25) is 0 Å². The van der Waals surface area contributed by atoms with Crippen LogP contribution in [0.25, 0.3) is 86.9 Å². The van der Waals surface area contributed by atoms with Crippen LogP contribution in [-0.2, 0) is 0 Å². The van der Waals surface area contributed by atoms with Gasteiger partial charge in [0.05, 0.1) is 0 Å². The molecule has 0 fully saturated rings. The van der Waals surface area contributed by atoms with Crippen LogP contribution in [0.1, 0.15) is 0 Å². The third kappa shape index (κ3) is 3.74. The van der Waals surface area contributed by atoms with Crippen LogP contribution in [-0.4, -0.2) is 0 Å². The Morgan fingerprint density at radius 3 is 1.16 bits per heavy atom. The van der Waals surface area contributed by atoms with E-state index >= 15 is 0 Å². The molecule has 0 saturated carbocycles. The molecule has 9 aromatic carbocycles. The van der Waals surface area contributed by atoms with Crippen LogP contribution in [0.4, 0.5) is 0 Å². The van der Waals surface area contributed by atoms with Crippen LogP contribution in [0.2, 0.25) is 0 Å². The second-order valence-electron chi connectivity index (χ2n) is 11.4. The predicted molar refractivity (Wildman–Crippen MR) is 195 cm³/mol. The number of rotatable bonds is 2. The van der Waals surface area contributed by atoms with E-state index in [-0.39, 0.29) is 0 Å². The van der Waals surface area contributed by atoms with Gasteiger partial charge in [-0.1, -0.05) is 127 Å². The third-order valence-corrected chi connectivity index (χ3v) is 9.73. The van der Waals surface area contributed by atoms with Crippen molar-refractivity contribution in [1.82, 2.24) is 0 Å². The van der Waals surface area contributed by atoms with E-state index in [0.29, 0.717) is 0 Å². The van der Waals surface area contributed by atoms with E-state index in [1.54, 1.807) is 0 Å².